The summed E-state index contributed by atoms with van der Waals surface area (Å²) in [6, 6.07) is 0.492. The highest BCUT2D eigenvalue weighted by Gasteiger charge is 2.19. The lowest BCUT2D eigenvalue weighted by atomic mass is 10.2. The van der Waals surface area contributed by atoms with Crippen LogP contribution in [0, 0.1) is 0 Å². The summed E-state index contributed by atoms with van der Waals surface area (Å²) in [5.41, 5.74) is 0. The molecule has 2 heterocycles. The highest BCUT2D eigenvalue weighted by molar-refractivity contribution is 14.0. The molecule has 2 rings (SSSR count). The standard InChI is InChI=1S/C16H33N5O.HI/c1-4-17-16(19-13-15-6-5-11-22-15)18-12-14(2)21-9-7-20(3)8-10-21;/h14-15H,4-13H2,1-3H3,(H2,17,18,19);1H. The molecule has 2 aliphatic rings. The van der Waals surface area contributed by atoms with E-state index in [1.54, 1.807) is 0 Å². The molecular weight excluding hydrogens is 405 g/mol. The molecule has 0 radical (unpaired) electrons. The van der Waals surface area contributed by atoms with Crippen LogP contribution in [0.1, 0.15) is 26.7 Å². The zero-order valence-electron chi connectivity index (χ0n) is 14.9. The predicted octanol–water partition coefficient (Wildman–Crippen LogP) is 0.974. The smallest absolute Gasteiger partial charge is 0.191 e. The van der Waals surface area contributed by atoms with Crippen molar-refractivity contribution in [3.8, 4) is 0 Å². The van der Waals surface area contributed by atoms with Crippen molar-refractivity contribution in [2.75, 3.05) is 59.5 Å². The van der Waals surface area contributed by atoms with Gasteiger partial charge in [0.1, 0.15) is 0 Å². The van der Waals surface area contributed by atoms with E-state index in [4.69, 9.17) is 9.73 Å². The maximum Gasteiger partial charge on any atom is 0.191 e. The Bertz CT molecular complexity index is 341. The fourth-order valence-corrected chi connectivity index (χ4v) is 2.96. The minimum absolute atomic E-state index is 0. The quantitative estimate of drug-likeness (QED) is 0.367. The Kier molecular flexibility index (Phi) is 10.4. The average Bonchev–Trinajstić information content (AvgIpc) is 3.04. The van der Waals surface area contributed by atoms with E-state index in [0.717, 1.165) is 64.8 Å². The van der Waals surface area contributed by atoms with Crippen LogP contribution >= 0.6 is 24.0 Å². The van der Waals surface area contributed by atoms with Gasteiger partial charge in [-0.15, -0.1) is 24.0 Å². The molecule has 23 heavy (non-hydrogen) atoms. The first kappa shape index (κ1) is 20.9. The summed E-state index contributed by atoms with van der Waals surface area (Å²) >= 11 is 0. The fourth-order valence-electron chi connectivity index (χ4n) is 2.96. The second-order valence-electron chi connectivity index (χ2n) is 6.42. The Hall–Kier alpha value is -0.120. The highest BCUT2D eigenvalue weighted by Crippen LogP contribution is 2.10. The minimum atomic E-state index is 0. The number of rotatable bonds is 6. The number of nitrogens with zero attached hydrogens (tertiary/aromatic N) is 3. The highest BCUT2D eigenvalue weighted by atomic mass is 127. The SMILES string of the molecule is CCNC(=NCC(C)N1CCN(C)CC1)NCC1CCCO1.I. The lowest BCUT2D eigenvalue weighted by molar-refractivity contribution is 0.113. The van der Waals surface area contributed by atoms with Crippen LogP contribution < -0.4 is 10.6 Å². The molecule has 0 aromatic heterocycles. The van der Waals surface area contributed by atoms with E-state index in [1.807, 2.05) is 0 Å². The van der Waals surface area contributed by atoms with Crippen LogP contribution in [0.4, 0.5) is 0 Å². The van der Waals surface area contributed by atoms with Crippen molar-refractivity contribution in [2.45, 2.75) is 38.8 Å². The van der Waals surface area contributed by atoms with Crippen LogP contribution in [0.2, 0.25) is 0 Å². The summed E-state index contributed by atoms with van der Waals surface area (Å²) in [6.45, 7) is 12.5. The van der Waals surface area contributed by atoms with E-state index in [1.165, 1.54) is 6.42 Å². The second-order valence-corrected chi connectivity index (χ2v) is 6.42. The summed E-state index contributed by atoms with van der Waals surface area (Å²) in [6.07, 6.45) is 2.68. The summed E-state index contributed by atoms with van der Waals surface area (Å²) < 4.78 is 5.65. The van der Waals surface area contributed by atoms with E-state index in [2.05, 4.69) is 41.3 Å². The van der Waals surface area contributed by atoms with E-state index in [9.17, 15) is 0 Å². The minimum Gasteiger partial charge on any atom is -0.376 e. The molecule has 0 saturated carbocycles. The predicted molar refractivity (Wildman–Crippen MR) is 107 cm³/mol. The first-order valence-corrected chi connectivity index (χ1v) is 8.75. The number of likely N-dealkylation sites (N-methyl/N-ethyl adjacent to an activating group) is 1. The Morgan fingerprint density at radius 2 is 2.00 bits per heavy atom. The maximum absolute atomic E-state index is 5.65. The zero-order chi connectivity index (χ0) is 15.8. The van der Waals surface area contributed by atoms with Crippen LogP contribution in [0.15, 0.2) is 4.99 Å². The monoisotopic (exact) mass is 439 g/mol. The van der Waals surface area contributed by atoms with E-state index < -0.39 is 0 Å². The maximum atomic E-state index is 5.65. The van der Waals surface area contributed by atoms with E-state index >= 15 is 0 Å². The second kappa shape index (κ2) is 11.4. The molecule has 0 aromatic carbocycles. The number of piperazine rings is 1. The summed E-state index contributed by atoms with van der Waals surface area (Å²) in [5.74, 6) is 0.916. The van der Waals surface area contributed by atoms with Crippen LogP contribution in [-0.4, -0.2) is 87.4 Å². The van der Waals surface area contributed by atoms with Crippen LogP contribution in [-0.2, 0) is 4.74 Å². The van der Waals surface area contributed by atoms with Gasteiger partial charge in [-0.25, -0.2) is 0 Å². The molecule has 0 aromatic rings. The molecule has 0 amide bonds. The van der Waals surface area contributed by atoms with Crippen molar-refractivity contribution in [2.24, 2.45) is 4.99 Å². The topological polar surface area (TPSA) is 52.1 Å². The fraction of sp³-hybridized carbons (Fsp3) is 0.938. The summed E-state index contributed by atoms with van der Waals surface area (Å²) in [4.78, 5) is 9.68. The molecule has 2 saturated heterocycles. The third-order valence-corrected chi connectivity index (χ3v) is 4.54. The Morgan fingerprint density at radius 3 is 2.61 bits per heavy atom. The lowest BCUT2D eigenvalue weighted by Crippen LogP contribution is -2.49. The molecule has 7 heteroatoms. The van der Waals surface area contributed by atoms with E-state index in [-0.39, 0.29) is 24.0 Å². The molecule has 2 aliphatic heterocycles. The Balaban J connectivity index is 0.00000264. The Morgan fingerprint density at radius 1 is 1.26 bits per heavy atom. The number of guanidine groups is 1. The van der Waals surface area contributed by atoms with Crippen molar-refractivity contribution in [1.82, 2.24) is 20.4 Å². The van der Waals surface area contributed by atoms with Gasteiger partial charge in [0.25, 0.3) is 0 Å². The third-order valence-electron chi connectivity index (χ3n) is 4.54. The van der Waals surface area contributed by atoms with Gasteiger partial charge >= 0.3 is 0 Å². The average molecular weight is 439 g/mol. The van der Waals surface area contributed by atoms with Crippen molar-refractivity contribution in [1.29, 1.82) is 0 Å². The van der Waals surface area contributed by atoms with Crippen LogP contribution in [0.3, 0.4) is 0 Å². The van der Waals surface area contributed by atoms with Gasteiger partial charge in [0.05, 0.1) is 12.6 Å². The van der Waals surface area contributed by atoms with Crippen molar-refractivity contribution < 1.29 is 4.74 Å². The number of hydrogen-bond acceptors (Lipinski definition) is 4. The zero-order valence-corrected chi connectivity index (χ0v) is 17.2. The van der Waals surface area contributed by atoms with Gasteiger partial charge in [-0.05, 0) is 33.7 Å². The molecule has 2 fully saturated rings. The van der Waals surface area contributed by atoms with Gasteiger partial charge in [-0.2, -0.15) is 0 Å². The summed E-state index contributed by atoms with van der Waals surface area (Å²) in [5, 5.41) is 6.74. The molecule has 136 valence electrons. The van der Waals surface area contributed by atoms with Gasteiger partial charge in [0.2, 0.25) is 0 Å². The first-order chi connectivity index (χ1) is 10.7. The molecule has 2 N–H and O–H groups in total. The number of ether oxygens (including phenoxy) is 1. The molecule has 0 spiro atoms. The largest absolute Gasteiger partial charge is 0.376 e. The molecular formula is C16H34IN5O. The van der Waals surface area contributed by atoms with Gasteiger partial charge in [0, 0.05) is 51.9 Å². The van der Waals surface area contributed by atoms with Crippen molar-refractivity contribution >= 4 is 29.9 Å². The number of aliphatic imine (C=N–C) groups is 1. The van der Waals surface area contributed by atoms with Crippen LogP contribution in [0.25, 0.3) is 0 Å². The molecule has 2 unspecified atom stereocenters. The van der Waals surface area contributed by atoms with Gasteiger partial charge in [-0.1, -0.05) is 0 Å². The van der Waals surface area contributed by atoms with Gasteiger partial charge < -0.3 is 20.3 Å². The lowest BCUT2D eigenvalue weighted by Gasteiger charge is -2.35. The molecule has 0 aliphatic carbocycles. The van der Waals surface area contributed by atoms with Gasteiger partial charge in [-0.3, -0.25) is 9.89 Å². The molecule has 6 nitrogen and oxygen atoms in total. The molecule has 0 bridgehead atoms. The molecule has 2 atom stereocenters. The van der Waals surface area contributed by atoms with Gasteiger partial charge in [0.15, 0.2) is 5.96 Å². The first-order valence-electron chi connectivity index (χ1n) is 8.75. The van der Waals surface area contributed by atoms with Crippen molar-refractivity contribution in [3.05, 3.63) is 0 Å². The Labute approximate surface area is 158 Å². The normalized spacial score (nSPS) is 25.0. The van der Waals surface area contributed by atoms with Crippen molar-refractivity contribution in [3.63, 3.8) is 0 Å². The summed E-state index contributed by atoms with van der Waals surface area (Å²) in [7, 11) is 2.19. The van der Waals surface area contributed by atoms with Crippen LogP contribution in [0.5, 0.6) is 0 Å². The van der Waals surface area contributed by atoms with E-state index in [0.29, 0.717) is 12.1 Å². The number of hydrogen-bond donors (Lipinski definition) is 2. The number of halogens is 1. The number of nitrogens with one attached hydrogen (secondary N) is 2. The third kappa shape index (κ3) is 7.53.